The molecule has 0 saturated carbocycles. The van der Waals surface area contributed by atoms with Gasteiger partial charge in [0.15, 0.2) is 0 Å². The number of primary amides is 1. The van der Waals surface area contributed by atoms with Crippen molar-refractivity contribution in [3.8, 4) is 0 Å². The number of amides is 2. The van der Waals surface area contributed by atoms with Crippen LogP contribution in [0.3, 0.4) is 0 Å². The molecule has 0 bridgehead atoms. The van der Waals surface area contributed by atoms with E-state index in [2.05, 4.69) is 15.3 Å². The van der Waals surface area contributed by atoms with Crippen LogP contribution in [0, 0.1) is 6.92 Å². The maximum absolute atomic E-state index is 11.2. The summed E-state index contributed by atoms with van der Waals surface area (Å²) in [6.07, 6.45) is 0. The summed E-state index contributed by atoms with van der Waals surface area (Å²) in [5.74, 6) is 0. The fourth-order valence-corrected chi connectivity index (χ4v) is 1.77. The van der Waals surface area contributed by atoms with E-state index in [4.69, 9.17) is 17.3 Å². The number of hydrogen-bond acceptors (Lipinski definition) is 3. The minimum Gasteiger partial charge on any atom is -0.351 e. The molecule has 0 saturated heterocycles. The average molecular weight is 253 g/mol. The van der Waals surface area contributed by atoms with Crippen LogP contribution < -0.4 is 16.7 Å². The number of hydrogen-bond donors (Lipinski definition) is 3. The zero-order valence-electron chi connectivity index (χ0n) is 8.87. The zero-order valence-corrected chi connectivity index (χ0v) is 9.63. The van der Waals surface area contributed by atoms with E-state index in [9.17, 15) is 9.59 Å². The second-order valence-corrected chi connectivity index (χ2v) is 3.90. The maximum Gasteiger partial charge on any atom is 0.345 e. The van der Waals surface area contributed by atoms with Crippen molar-refractivity contribution in [2.75, 3.05) is 5.32 Å². The predicted molar refractivity (Wildman–Crippen MR) is 65.3 cm³/mol. The van der Waals surface area contributed by atoms with Crippen LogP contribution in [0.2, 0.25) is 5.02 Å². The lowest BCUT2D eigenvalue weighted by atomic mass is 10.2. The first-order chi connectivity index (χ1) is 7.97. The number of nitrogens with two attached hydrogens (primary N) is 1. The van der Waals surface area contributed by atoms with E-state index in [1.165, 1.54) is 6.07 Å². The van der Waals surface area contributed by atoms with E-state index in [-0.39, 0.29) is 5.02 Å². The number of anilines is 1. The third-order valence-corrected chi connectivity index (χ3v) is 2.58. The minimum absolute atomic E-state index is 0.289. The Labute approximate surface area is 101 Å². The third-order valence-electron chi connectivity index (χ3n) is 2.27. The molecule has 0 aliphatic heterocycles. The summed E-state index contributed by atoms with van der Waals surface area (Å²) in [4.78, 5) is 28.3. The fraction of sp³-hybridized carbons (Fsp3) is 0.100. The van der Waals surface area contributed by atoms with Gasteiger partial charge in [-0.1, -0.05) is 11.6 Å². The summed E-state index contributed by atoms with van der Waals surface area (Å²) in [6, 6.07) is 2.44. The number of benzene rings is 1. The van der Waals surface area contributed by atoms with Crippen molar-refractivity contribution < 1.29 is 4.79 Å². The van der Waals surface area contributed by atoms with Gasteiger partial charge in [0.05, 0.1) is 21.9 Å². The molecular formula is C10H9ClN4O2. The normalized spacial score (nSPS) is 10.5. The zero-order chi connectivity index (χ0) is 12.6. The first-order valence-electron chi connectivity index (χ1n) is 4.74. The Hall–Kier alpha value is -2.08. The number of carbonyl (C=O) groups is 1. The molecule has 2 aromatic rings. The van der Waals surface area contributed by atoms with Crippen molar-refractivity contribution in [2.45, 2.75) is 6.92 Å². The molecule has 0 fully saturated rings. The minimum atomic E-state index is -0.707. The molecule has 0 aliphatic rings. The lowest BCUT2D eigenvalue weighted by molar-refractivity contribution is 0.259. The van der Waals surface area contributed by atoms with Crippen LogP contribution in [-0.2, 0) is 0 Å². The molecule has 2 amide bonds. The number of aryl methyl sites for hydroxylation is 1. The van der Waals surface area contributed by atoms with E-state index in [0.29, 0.717) is 22.3 Å². The van der Waals surface area contributed by atoms with Gasteiger partial charge in [-0.05, 0) is 19.1 Å². The number of urea groups is 1. The van der Waals surface area contributed by atoms with E-state index in [1.807, 2.05) is 0 Å². The third kappa shape index (κ3) is 2.21. The molecule has 0 atom stereocenters. The fourth-order valence-electron chi connectivity index (χ4n) is 1.56. The van der Waals surface area contributed by atoms with Gasteiger partial charge >= 0.3 is 11.7 Å². The summed E-state index contributed by atoms with van der Waals surface area (Å²) in [7, 11) is 0. The molecule has 1 aromatic heterocycles. The number of H-pyrrole nitrogens is 1. The Bertz CT molecular complexity index is 665. The van der Waals surface area contributed by atoms with Gasteiger partial charge in [0, 0.05) is 5.39 Å². The van der Waals surface area contributed by atoms with Gasteiger partial charge in [0.2, 0.25) is 0 Å². The second-order valence-electron chi connectivity index (χ2n) is 3.49. The van der Waals surface area contributed by atoms with Gasteiger partial charge < -0.3 is 16.0 Å². The molecule has 2 rings (SSSR count). The second kappa shape index (κ2) is 4.06. The van der Waals surface area contributed by atoms with E-state index < -0.39 is 11.7 Å². The molecule has 7 heteroatoms. The summed E-state index contributed by atoms with van der Waals surface area (Å²) < 4.78 is 0. The Morgan fingerprint density at radius 1 is 1.53 bits per heavy atom. The van der Waals surface area contributed by atoms with Crippen molar-refractivity contribution in [1.29, 1.82) is 0 Å². The molecule has 0 aliphatic carbocycles. The highest BCUT2D eigenvalue weighted by atomic mass is 35.5. The molecule has 1 heterocycles. The quantitative estimate of drug-likeness (QED) is 0.714. The van der Waals surface area contributed by atoms with Gasteiger partial charge in [0.1, 0.15) is 0 Å². The highest BCUT2D eigenvalue weighted by Gasteiger charge is 2.08. The van der Waals surface area contributed by atoms with Crippen LogP contribution in [0.25, 0.3) is 10.9 Å². The molecule has 4 N–H and O–H groups in total. The largest absolute Gasteiger partial charge is 0.351 e. The summed E-state index contributed by atoms with van der Waals surface area (Å²) >= 11 is 5.94. The van der Waals surface area contributed by atoms with Gasteiger partial charge in [-0.3, -0.25) is 0 Å². The van der Waals surface area contributed by atoms with Gasteiger partial charge in [-0.25, -0.2) is 9.59 Å². The molecule has 0 radical (unpaired) electrons. The van der Waals surface area contributed by atoms with Crippen LogP contribution in [-0.4, -0.2) is 16.0 Å². The molecular weight excluding hydrogens is 244 g/mol. The number of nitrogens with one attached hydrogen (secondary N) is 2. The number of carbonyl (C=O) groups excluding carboxylic acids is 1. The van der Waals surface area contributed by atoms with E-state index in [0.717, 1.165) is 0 Å². The molecule has 6 nitrogen and oxygen atoms in total. The lowest BCUT2D eigenvalue weighted by Gasteiger charge is -2.07. The Morgan fingerprint density at radius 3 is 2.88 bits per heavy atom. The molecule has 17 heavy (non-hydrogen) atoms. The van der Waals surface area contributed by atoms with E-state index >= 15 is 0 Å². The van der Waals surface area contributed by atoms with Crippen LogP contribution in [0.15, 0.2) is 16.9 Å². The maximum atomic E-state index is 11.2. The highest BCUT2D eigenvalue weighted by Crippen LogP contribution is 2.27. The van der Waals surface area contributed by atoms with E-state index in [1.54, 1.807) is 13.0 Å². The first-order valence-corrected chi connectivity index (χ1v) is 5.12. The SMILES string of the molecule is Cc1nc(=O)[nH]c2cc(Cl)c(NC(N)=O)cc12. The van der Waals surface area contributed by atoms with Crippen molar-refractivity contribution in [2.24, 2.45) is 5.73 Å². The number of rotatable bonds is 1. The monoisotopic (exact) mass is 252 g/mol. The van der Waals surface area contributed by atoms with Gasteiger partial charge in [-0.15, -0.1) is 0 Å². The first kappa shape index (κ1) is 11.4. The van der Waals surface area contributed by atoms with Crippen molar-refractivity contribution in [1.82, 2.24) is 9.97 Å². The van der Waals surface area contributed by atoms with Crippen molar-refractivity contribution in [3.05, 3.63) is 33.3 Å². The van der Waals surface area contributed by atoms with Crippen LogP contribution in [0.1, 0.15) is 5.69 Å². The topological polar surface area (TPSA) is 101 Å². The number of aromatic amines is 1. The van der Waals surface area contributed by atoms with Gasteiger partial charge in [0.25, 0.3) is 0 Å². The summed E-state index contributed by atoms with van der Waals surface area (Å²) in [6.45, 7) is 1.69. The van der Waals surface area contributed by atoms with Crippen molar-refractivity contribution in [3.63, 3.8) is 0 Å². The molecule has 88 valence electrons. The number of nitrogens with zero attached hydrogens (tertiary/aromatic N) is 1. The number of aromatic nitrogens is 2. The summed E-state index contributed by atoms with van der Waals surface area (Å²) in [5.41, 5.74) is 6.06. The Kier molecular flexibility index (Phi) is 2.72. The number of fused-ring (bicyclic) bond motifs is 1. The van der Waals surface area contributed by atoms with Crippen LogP contribution >= 0.6 is 11.6 Å². The van der Waals surface area contributed by atoms with Crippen molar-refractivity contribution >= 4 is 34.2 Å². The lowest BCUT2D eigenvalue weighted by Crippen LogP contribution is -2.19. The molecule has 1 aromatic carbocycles. The van der Waals surface area contributed by atoms with Crippen LogP contribution in [0.4, 0.5) is 10.5 Å². The standard InChI is InChI=1S/C10H9ClN4O2/c1-4-5-2-8(14-9(12)16)6(11)3-7(5)15-10(17)13-4/h2-3H,1H3,(H3,12,14,16)(H,13,15,17). The average Bonchev–Trinajstić information content (AvgIpc) is 2.19. The Morgan fingerprint density at radius 2 is 2.24 bits per heavy atom. The summed E-state index contributed by atoms with van der Waals surface area (Å²) in [5, 5.41) is 3.38. The smallest absolute Gasteiger partial charge is 0.345 e. The molecule has 0 unspecified atom stereocenters. The highest BCUT2D eigenvalue weighted by molar-refractivity contribution is 6.34. The van der Waals surface area contributed by atoms with Crippen LogP contribution in [0.5, 0.6) is 0 Å². The Balaban J connectivity index is 2.71. The number of halogens is 1. The molecule has 0 spiro atoms. The predicted octanol–water partition coefficient (Wildman–Crippen LogP) is 1.38. The van der Waals surface area contributed by atoms with Gasteiger partial charge in [-0.2, -0.15) is 4.98 Å².